The van der Waals surface area contributed by atoms with Gasteiger partial charge in [-0.1, -0.05) is 19.9 Å². The molecule has 0 saturated carbocycles. The van der Waals surface area contributed by atoms with E-state index in [1.807, 2.05) is 13.8 Å². The van der Waals surface area contributed by atoms with Crippen LogP contribution < -0.4 is 15.8 Å². The van der Waals surface area contributed by atoms with Crippen molar-refractivity contribution in [2.24, 2.45) is 5.41 Å². The number of nitrogens with one attached hydrogen (secondary N) is 1. The van der Waals surface area contributed by atoms with Crippen LogP contribution in [0.4, 0.5) is 5.69 Å². The third-order valence-electron chi connectivity index (χ3n) is 2.65. The fourth-order valence-corrected chi connectivity index (χ4v) is 1.35. The number of carbonyl (C=O) groups excluding carboxylic acids is 1. The number of rotatable bonds is 7. The molecule has 0 fully saturated rings. The molecule has 0 atom stereocenters. The zero-order valence-electron chi connectivity index (χ0n) is 11.5. The van der Waals surface area contributed by atoms with Crippen LogP contribution in [0.5, 0.6) is 5.75 Å². The molecule has 19 heavy (non-hydrogen) atoms. The highest BCUT2D eigenvalue weighted by molar-refractivity contribution is 5.76. The van der Waals surface area contributed by atoms with Gasteiger partial charge in [0, 0.05) is 30.3 Å². The van der Waals surface area contributed by atoms with E-state index in [0.717, 1.165) is 0 Å². The van der Waals surface area contributed by atoms with Gasteiger partial charge in [-0.05, 0) is 12.1 Å². The van der Waals surface area contributed by atoms with E-state index in [1.54, 1.807) is 24.3 Å². The van der Waals surface area contributed by atoms with Gasteiger partial charge in [-0.3, -0.25) is 4.79 Å². The van der Waals surface area contributed by atoms with Crippen LogP contribution in [-0.2, 0) is 4.79 Å². The van der Waals surface area contributed by atoms with Crippen LogP contribution in [0.3, 0.4) is 0 Å². The minimum atomic E-state index is -0.301. The maximum Gasteiger partial charge on any atom is 0.223 e. The number of aliphatic hydroxyl groups excluding tert-OH is 1. The number of anilines is 1. The summed E-state index contributed by atoms with van der Waals surface area (Å²) in [6.45, 7) is 4.55. The summed E-state index contributed by atoms with van der Waals surface area (Å²) in [4.78, 5) is 11.6. The maximum atomic E-state index is 11.6. The molecule has 1 rings (SSSR count). The van der Waals surface area contributed by atoms with E-state index in [4.69, 9.17) is 15.6 Å². The zero-order chi connectivity index (χ0) is 14.3. The first-order valence-electron chi connectivity index (χ1n) is 6.29. The minimum Gasteiger partial charge on any atom is -0.493 e. The molecule has 1 aromatic rings. The molecule has 5 nitrogen and oxygen atoms in total. The predicted octanol–water partition coefficient (Wildman–Crippen LogP) is 1.17. The molecule has 0 unspecified atom stereocenters. The largest absolute Gasteiger partial charge is 0.493 e. The van der Waals surface area contributed by atoms with E-state index in [9.17, 15) is 4.79 Å². The summed E-state index contributed by atoms with van der Waals surface area (Å²) in [6, 6.07) is 7.08. The van der Waals surface area contributed by atoms with Crippen molar-refractivity contribution in [2.75, 3.05) is 25.5 Å². The Bertz CT molecular complexity index is 419. The molecular weight excluding hydrogens is 244 g/mol. The van der Waals surface area contributed by atoms with Crippen molar-refractivity contribution in [1.29, 1.82) is 0 Å². The lowest BCUT2D eigenvalue weighted by Gasteiger charge is -2.21. The Labute approximate surface area is 113 Å². The third kappa shape index (κ3) is 6.10. The van der Waals surface area contributed by atoms with E-state index < -0.39 is 0 Å². The molecule has 4 N–H and O–H groups in total. The van der Waals surface area contributed by atoms with Crippen molar-refractivity contribution >= 4 is 11.6 Å². The van der Waals surface area contributed by atoms with Crippen molar-refractivity contribution in [1.82, 2.24) is 5.32 Å². The van der Waals surface area contributed by atoms with Crippen molar-refractivity contribution in [2.45, 2.75) is 20.3 Å². The van der Waals surface area contributed by atoms with Gasteiger partial charge < -0.3 is 20.9 Å². The zero-order valence-corrected chi connectivity index (χ0v) is 11.5. The summed E-state index contributed by atoms with van der Waals surface area (Å²) < 4.78 is 5.43. The molecule has 0 aliphatic heterocycles. The maximum absolute atomic E-state index is 11.6. The first-order valence-corrected chi connectivity index (χ1v) is 6.29. The smallest absolute Gasteiger partial charge is 0.223 e. The van der Waals surface area contributed by atoms with Gasteiger partial charge in [-0.25, -0.2) is 0 Å². The van der Waals surface area contributed by atoms with Gasteiger partial charge in [0.05, 0.1) is 13.0 Å². The Hall–Kier alpha value is -1.75. The molecule has 0 radical (unpaired) electrons. The standard InChI is InChI=1S/C14H22N2O3/c1-14(2,10-17)9-16-13(18)6-7-19-12-5-3-4-11(15)8-12/h3-5,8,17H,6-7,9-10,15H2,1-2H3,(H,16,18). The Morgan fingerprint density at radius 3 is 2.84 bits per heavy atom. The molecule has 0 aromatic heterocycles. The van der Waals surface area contributed by atoms with E-state index >= 15 is 0 Å². The molecule has 0 aliphatic carbocycles. The molecule has 1 amide bonds. The van der Waals surface area contributed by atoms with Gasteiger partial charge in [0.1, 0.15) is 5.75 Å². The second kappa shape index (κ2) is 6.99. The number of benzene rings is 1. The highest BCUT2D eigenvalue weighted by atomic mass is 16.5. The Balaban J connectivity index is 2.24. The van der Waals surface area contributed by atoms with Gasteiger partial charge in [-0.2, -0.15) is 0 Å². The number of amides is 1. The van der Waals surface area contributed by atoms with Crippen molar-refractivity contribution in [3.05, 3.63) is 24.3 Å². The van der Waals surface area contributed by atoms with Crippen LogP contribution in [0.15, 0.2) is 24.3 Å². The van der Waals surface area contributed by atoms with Crippen LogP contribution in [0.25, 0.3) is 0 Å². The Morgan fingerprint density at radius 1 is 1.47 bits per heavy atom. The number of carbonyl (C=O) groups is 1. The molecule has 5 heteroatoms. The van der Waals surface area contributed by atoms with Crippen molar-refractivity contribution in [3.8, 4) is 5.75 Å². The fraction of sp³-hybridized carbons (Fsp3) is 0.500. The van der Waals surface area contributed by atoms with Crippen LogP contribution in [0.1, 0.15) is 20.3 Å². The molecule has 0 spiro atoms. The molecule has 0 heterocycles. The van der Waals surface area contributed by atoms with Gasteiger partial charge in [0.15, 0.2) is 0 Å². The Kier molecular flexibility index (Phi) is 5.63. The van der Waals surface area contributed by atoms with Crippen LogP contribution >= 0.6 is 0 Å². The monoisotopic (exact) mass is 266 g/mol. The average molecular weight is 266 g/mol. The summed E-state index contributed by atoms with van der Waals surface area (Å²) in [7, 11) is 0. The first-order chi connectivity index (χ1) is 8.93. The van der Waals surface area contributed by atoms with Gasteiger partial charge in [0.25, 0.3) is 0 Å². The van der Waals surface area contributed by atoms with Crippen molar-refractivity contribution < 1.29 is 14.6 Å². The predicted molar refractivity (Wildman–Crippen MR) is 74.8 cm³/mol. The summed E-state index contributed by atoms with van der Waals surface area (Å²) in [5, 5.41) is 11.8. The Morgan fingerprint density at radius 2 is 2.21 bits per heavy atom. The van der Waals surface area contributed by atoms with Crippen LogP contribution in [0, 0.1) is 5.41 Å². The molecular formula is C14H22N2O3. The van der Waals surface area contributed by atoms with E-state index in [-0.39, 0.29) is 24.3 Å². The fourth-order valence-electron chi connectivity index (χ4n) is 1.35. The molecule has 0 bridgehead atoms. The van der Waals surface area contributed by atoms with Crippen LogP contribution in [0.2, 0.25) is 0 Å². The normalized spacial score (nSPS) is 11.1. The van der Waals surface area contributed by atoms with Gasteiger partial charge in [-0.15, -0.1) is 0 Å². The number of hydrogen-bond acceptors (Lipinski definition) is 4. The number of ether oxygens (including phenoxy) is 1. The molecule has 106 valence electrons. The van der Waals surface area contributed by atoms with E-state index in [2.05, 4.69) is 5.32 Å². The second-order valence-corrected chi connectivity index (χ2v) is 5.27. The third-order valence-corrected chi connectivity index (χ3v) is 2.65. The molecule has 0 aliphatic rings. The quantitative estimate of drug-likeness (QED) is 0.647. The number of nitrogen functional groups attached to an aromatic ring is 1. The average Bonchev–Trinajstić information content (AvgIpc) is 2.37. The van der Waals surface area contributed by atoms with Crippen molar-refractivity contribution in [3.63, 3.8) is 0 Å². The minimum absolute atomic E-state index is 0.0348. The topological polar surface area (TPSA) is 84.6 Å². The summed E-state index contributed by atoms with van der Waals surface area (Å²) >= 11 is 0. The summed E-state index contributed by atoms with van der Waals surface area (Å²) in [6.07, 6.45) is 0.274. The summed E-state index contributed by atoms with van der Waals surface area (Å²) in [5.41, 5.74) is 5.95. The number of aliphatic hydroxyl groups is 1. The SMILES string of the molecule is CC(C)(CO)CNC(=O)CCOc1cccc(N)c1. The second-order valence-electron chi connectivity index (χ2n) is 5.27. The number of nitrogens with two attached hydrogens (primary N) is 1. The highest BCUT2D eigenvalue weighted by Gasteiger charge is 2.17. The van der Waals surface area contributed by atoms with Gasteiger partial charge >= 0.3 is 0 Å². The highest BCUT2D eigenvalue weighted by Crippen LogP contribution is 2.14. The van der Waals surface area contributed by atoms with Crippen LogP contribution in [-0.4, -0.2) is 30.8 Å². The van der Waals surface area contributed by atoms with E-state index in [1.165, 1.54) is 0 Å². The summed E-state index contributed by atoms with van der Waals surface area (Å²) in [5.74, 6) is 0.564. The van der Waals surface area contributed by atoms with Gasteiger partial charge in [0.2, 0.25) is 5.91 Å². The lowest BCUT2D eigenvalue weighted by atomic mass is 9.95. The van der Waals surface area contributed by atoms with E-state index in [0.29, 0.717) is 24.6 Å². The number of hydrogen-bond donors (Lipinski definition) is 3. The molecule has 0 saturated heterocycles. The molecule has 1 aromatic carbocycles. The lowest BCUT2D eigenvalue weighted by Crippen LogP contribution is -2.36. The first kappa shape index (κ1) is 15.3. The lowest BCUT2D eigenvalue weighted by molar-refractivity contribution is -0.122.